The number of benzene rings is 10. The Balaban J connectivity index is 1.06. The van der Waals surface area contributed by atoms with E-state index < -0.39 is 0 Å². The van der Waals surface area contributed by atoms with Gasteiger partial charge in [0.25, 0.3) is 0 Å². The van der Waals surface area contributed by atoms with Crippen LogP contribution in [0.3, 0.4) is 0 Å². The molecule has 0 unspecified atom stereocenters. The van der Waals surface area contributed by atoms with Gasteiger partial charge in [-0.2, -0.15) is 0 Å². The SMILES string of the molecule is c1ccc2cc(-c3c4ccccc4c(-c4ccc5cc(-c6cc7c8ccccc8oc7c7oc8ccccc8c67)ccc5c4)c4ccccc34)ccc2c1. The van der Waals surface area contributed by atoms with E-state index in [0.717, 1.165) is 55.0 Å². The Kier molecular flexibility index (Phi) is 6.09. The Hall–Kier alpha value is -7.16. The molecule has 0 N–H and O–H groups in total. The van der Waals surface area contributed by atoms with Gasteiger partial charge in [-0.25, -0.2) is 0 Å². The zero-order valence-electron chi connectivity index (χ0n) is 29.1. The molecule has 12 aromatic rings. The summed E-state index contributed by atoms with van der Waals surface area (Å²) in [6, 6.07) is 65.9. The lowest BCUT2D eigenvalue weighted by Crippen LogP contribution is -1.91. The van der Waals surface area contributed by atoms with Crippen LogP contribution in [-0.4, -0.2) is 0 Å². The number of fused-ring (bicyclic) bond motifs is 11. The lowest BCUT2D eigenvalue weighted by molar-refractivity contribution is 0.633. The van der Waals surface area contributed by atoms with E-state index in [1.54, 1.807) is 0 Å². The molecule has 0 fully saturated rings. The van der Waals surface area contributed by atoms with E-state index in [1.807, 2.05) is 24.3 Å². The smallest absolute Gasteiger partial charge is 0.179 e. The summed E-state index contributed by atoms with van der Waals surface area (Å²) in [5.74, 6) is 0. The van der Waals surface area contributed by atoms with Gasteiger partial charge in [0.1, 0.15) is 11.2 Å². The van der Waals surface area contributed by atoms with Gasteiger partial charge < -0.3 is 8.83 Å². The number of furan rings is 2. The van der Waals surface area contributed by atoms with E-state index in [0.29, 0.717) is 0 Å². The number of hydrogen-bond acceptors (Lipinski definition) is 2. The first-order valence-corrected chi connectivity index (χ1v) is 18.5. The highest BCUT2D eigenvalue weighted by atomic mass is 16.4. The molecule has 0 amide bonds. The lowest BCUT2D eigenvalue weighted by atomic mass is 9.85. The molecule has 0 aliphatic heterocycles. The first-order valence-electron chi connectivity index (χ1n) is 18.5. The zero-order valence-corrected chi connectivity index (χ0v) is 29.1. The molecular weight excluding hydrogens is 657 g/mol. The molecule has 12 rings (SSSR count). The van der Waals surface area contributed by atoms with Gasteiger partial charge >= 0.3 is 0 Å². The van der Waals surface area contributed by atoms with Crippen LogP contribution in [0.15, 0.2) is 191 Å². The van der Waals surface area contributed by atoms with Crippen molar-refractivity contribution in [3.8, 4) is 33.4 Å². The highest BCUT2D eigenvalue weighted by molar-refractivity contribution is 6.25. The normalized spacial score (nSPS) is 12.1. The maximum atomic E-state index is 6.54. The summed E-state index contributed by atoms with van der Waals surface area (Å²) < 4.78 is 13.0. The molecule has 0 atom stereocenters. The Morgan fingerprint density at radius 1 is 0.278 bits per heavy atom. The minimum Gasteiger partial charge on any atom is -0.452 e. The first kappa shape index (κ1) is 29.4. The fourth-order valence-corrected chi connectivity index (χ4v) is 8.96. The van der Waals surface area contributed by atoms with Gasteiger partial charge in [-0.15, -0.1) is 0 Å². The van der Waals surface area contributed by atoms with Gasteiger partial charge in [0.05, 0.1) is 0 Å². The van der Waals surface area contributed by atoms with Crippen molar-refractivity contribution in [1.82, 2.24) is 0 Å². The second kappa shape index (κ2) is 11.2. The second-order valence-corrected chi connectivity index (χ2v) is 14.4. The van der Waals surface area contributed by atoms with Crippen molar-refractivity contribution < 1.29 is 8.83 Å². The van der Waals surface area contributed by atoms with Gasteiger partial charge in [0.2, 0.25) is 0 Å². The highest BCUT2D eigenvalue weighted by Crippen LogP contribution is 2.47. The van der Waals surface area contributed by atoms with E-state index >= 15 is 0 Å². The first-order chi connectivity index (χ1) is 26.8. The fourth-order valence-electron chi connectivity index (χ4n) is 8.96. The van der Waals surface area contributed by atoms with Crippen LogP contribution in [0.2, 0.25) is 0 Å². The van der Waals surface area contributed by atoms with Crippen molar-refractivity contribution in [2.75, 3.05) is 0 Å². The zero-order chi connectivity index (χ0) is 35.3. The second-order valence-electron chi connectivity index (χ2n) is 14.4. The monoisotopic (exact) mass is 686 g/mol. The molecule has 0 aliphatic rings. The summed E-state index contributed by atoms with van der Waals surface area (Å²) in [5.41, 5.74) is 10.6. The maximum Gasteiger partial charge on any atom is 0.179 e. The van der Waals surface area contributed by atoms with Crippen molar-refractivity contribution in [2.24, 2.45) is 0 Å². The van der Waals surface area contributed by atoms with E-state index in [2.05, 4.69) is 158 Å². The molecule has 2 heterocycles. The van der Waals surface area contributed by atoms with E-state index in [4.69, 9.17) is 8.83 Å². The topological polar surface area (TPSA) is 26.3 Å². The van der Waals surface area contributed by atoms with Crippen molar-refractivity contribution in [3.05, 3.63) is 182 Å². The number of para-hydroxylation sites is 2. The molecular formula is C52H30O2. The summed E-state index contributed by atoms with van der Waals surface area (Å²) >= 11 is 0. The molecule has 0 saturated heterocycles. The Labute approximate surface area is 310 Å². The predicted molar refractivity (Wildman–Crippen MR) is 227 cm³/mol. The molecule has 10 aromatic carbocycles. The van der Waals surface area contributed by atoms with Crippen LogP contribution >= 0.6 is 0 Å². The third-order valence-electron chi connectivity index (χ3n) is 11.4. The van der Waals surface area contributed by atoms with Crippen molar-refractivity contribution in [1.29, 1.82) is 0 Å². The molecule has 2 heteroatoms. The molecule has 0 saturated carbocycles. The molecule has 0 spiro atoms. The Morgan fingerprint density at radius 3 is 1.33 bits per heavy atom. The van der Waals surface area contributed by atoms with Crippen molar-refractivity contribution in [3.63, 3.8) is 0 Å². The molecule has 0 aliphatic carbocycles. The minimum atomic E-state index is 0.793. The summed E-state index contributed by atoms with van der Waals surface area (Å²) in [6.45, 7) is 0. The van der Waals surface area contributed by atoms with E-state index in [-0.39, 0.29) is 0 Å². The summed E-state index contributed by atoms with van der Waals surface area (Å²) in [6.07, 6.45) is 0. The van der Waals surface area contributed by atoms with Crippen molar-refractivity contribution >= 4 is 87.0 Å². The molecule has 0 bridgehead atoms. The van der Waals surface area contributed by atoms with Gasteiger partial charge in [-0.3, -0.25) is 0 Å². The van der Waals surface area contributed by atoms with Gasteiger partial charge in [0, 0.05) is 21.5 Å². The van der Waals surface area contributed by atoms with Crippen LogP contribution in [0, 0.1) is 0 Å². The largest absolute Gasteiger partial charge is 0.452 e. The number of hydrogen-bond donors (Lipinski definition) is 0. The van der Waals surface area contributed by atoms with Crippen LogP contribution < -0.4 is 0 Å². The van der Waals surface area contributed by atoms with Gasteiger partial charge in [-0.1, -0.05) is 146 Å². The third-order valence-corrected chi connectivity index (χ3v) is 11.4. The van der Waals surface area contributed by atoms with Crippen molar-refractivity contribution in [2.45, 2.75) is 0 Å². The molecule has 250 valence electrons. The predicted octanol–water partition coefficient (Wildman–Crippen LogP) is 15.1. The molecule has 2 nitrogen and oxygen atoms in total. The average Bonchev–Trinajstić information content (AvgIpc) is 3.81. The highest BCUT2D eigenvalue weighted by Gasteiger charge is 2.21. The fraction of sp³-hybridized carbons (Fsp3) is 0. The lowest BCUT2D eigenvalue weighted by Gasteiger charge is -2.18. The summed E-state index contributed by atoms with van der Waals surface area (Å²) in [4.78, 5) is 0. The molecule has 2 aromatic heterocycles. The van der Waals surface area contributed by atoms with Crippen LogP contribution in [0.1, 0.15) is 0 Å². The standard InChI is InChI=1S/C52H30O2/c1-2-12-32-28-36(25-21-31(32)11-1)48-39-14-3-5-16-41(39)49(42-17-6-4-15-40(42)48)37-26-23-33-27-35(24-22-34(33)29-37)44-30-45-38-13-7-9-19-46(38)53-51(45)52-50(44)43-18-8-10-20-47(43)54-52/h1-30H. The molecule has 0 radical (unpaired) electrons. The summed E-state index contributed by atoms with van der Waals surface area (Å²) in [7, 11) is 0. The molecule has 54 heavy (non-hydrogen) atoms. The maximum absolute atomic E-state index is 6.54. The number of rotatable bonds is 3. The third kappa shape index (κ3) is 4.22. The average molecular weight is 687 g/mol. The van der Waals surface area contributed by atoms with Crippen LogP contribution in [-0.2, 0) is 0 Å². The van der Waals surface area contributed by atoms with Gasteiger partial charge in [0.15, 0.2) is 11.2 Å². The minimum absolute atomic E-state index is 0.793. The van der Waals surface area contributed by atoms with E-state index in [1.165, 1.54) is 65.3 Å². The van der Waals surface area contributed by atoms with Crippen LogP contribution in [0.25, 0.3) is 120 Å². The van der Waals surface area contributed by atoms with Crippen LogP contribution in [0.5, 0.6) is 0 Å². The summed E-state index contributed by atoms with van der Waals surface area (Å²) in [5, 5.41) is 14.2. The Morgan fingerprint density at radius 2 is 0.704 bits per heavy atom. The van der Waals surface area contributed by atoms with Gasteiger partial charge in [-0.05, 0) is 113 Å². The Bertz CT molecular complexity index is 3450. The van der Waals surface area contributed by atoms with Crippen LogP contribution in [0.4, 0.5) is 0 Å². The van der Waals surface area contributed by atoms with E-state index in [9.17, 15) is 0 Å². The quantitative estimate of drug-likeness (QED) is 0.173.